The van der Waals surface area contributed by atoms with Crippen molar-refractivity contribution >= 4 is 17.4 Å². The number of nitrogens with zero attached hydrogens (tertiary/aromatic N) is 2. The molecule has 0 aliphatic carbocycles. The molecule has 0 spiro atoms. The first kappa shape index (κ1) is 13.3. The van der Waals surface area contributed by atoms with Gasteiger partial charge in [-0.2, -0.15) is 5.26 Å². The van der Waals surface area contributed by atoms with Crippen LogP contribution in [0.3, 0.4) is 0 Å². The van der Waals surface area contributed by atoms with Crippen molar-refractivity contribution < 1.29 is 9.59 Å². The Morgan fingerprint density at radius 3 is 3.00 bits per heavy atom. The van der Waals surface area contributed by atoms with Crippen LogP contribution in [0.2, 0.25) is 0 Å². The molecule has 1 aliphatic heterocycles. The molecule has 2 rings (SSSR count). The van der Waals surface area contributed by atoms with Crippen LogP contribution in [0, 0.1) is 24.2 Å². The number of rotatable bonds is 3. The second kappa shape index (κ2) is 5.66. The van der Waals surface area contributed by atoms with Crippen LogP contribution in [0.15, 0.2) is 24.3 Å². The van der Waals surface area contributed by atoms with E-state index < -0.39 is 5.92 Å². The van der Waals surface area contributed by atoms with E-state index in [4.69, 9.17) is 5.26 Å². The summed E-state index contributed by atoms with van der Waals surface area (Å²) in [4.78, 5) is 25.8. The fourth-order valence-corrected chi connectivity index (χ4v) is 2.43. The molecule has 1 amide bonds. The lowest BCUT2D eigenvalue weighted by molar-refractivity contribution is -0.133. The molecule has 0 N–H and O–H groups in total. The Kier molecular flexibility index (Phi) is 3.96. The molecule has 1 aromatic carbocycles. The summed E-state index contributed by atoms with van der Waals surface area (Å²) in [6.45, 7) is 2.61. The van der Waals surface area contributed by atoms with E-state index in [0.29, 0.717) is 13.0 Å². The largest absolute Gasteiger partial charge is 0.312 e. The molecular formula is C15H16N2O2. The van der Waals surface area contributed by atoms with Gasteiger partial charge < -0.3 is 4.90 Å². The molecule has 4 heteroatoms. The van der Waals surface area contributed by atoms with Crippen LogP contribution in [0.1, 0.15) is 24.8 Å². The van der Waals surface area contributed by atoms with Crippen molar-refractivity contribution in [3.63, 3.8) is 0 Å². The first-order valence-electron chi connectivity index (χ1n) is 6.41. The maximum absolute atomic E-state index is 12.3. The van der Waals surface area contributed by atoms with E-state index in [9.17, 15) is 9.59 Å². The van der Waals surface area contributed by atoms with Crippen LogP contribution in [-0.4, -0.2) is 18.2 Å². The predicted molar refractivity (Wildman–Crippen MR) is 71.5 cm³/mol. The van der Waals surface area contributed by atoms with E-state index in [1.807, 2.05) is 37.3 Å². The van der Waals surface area contributed by atoms with Gasteiger partial charge in [-0.05, 0) is 37.5 Å². The zero-order chi connectivity index (χ0) is 13.8. The number of anilines is 1. The lowest BCUT2D eigenvalue weighted by atomic mass is 9.91. The van der Waals surface area contributed by atoms with Crippen LogP contribution >= 0.6 is 0 Å². The monoisotopic (exact) mass is 256 g/mol. The maximum Gasteiger partial charge on any atom is 0.237 e. The van der Waals surface area contributed by atoms with E-state index in [1.165, 1.54) is 0 Å². The lowest BCUT2D eigenvalue weighted by Crippen LogP contribution is -2.44. The van der Waals surface area contributed by atoms with Gasteiger partial charge in [-0.15, -0.1) is 0 Å². The van der Waals surface area contributed by atoms with Gasteiger partial charge >= 0.3 is 0 Å². The molecule has 1 saturated heterocycles. The summed E-state index contributed by atoms with van der Waals surface area (Å²) >= 11 is 0. The van der Waals surface area contributed by atoms with Gasteiger partial charge in [0.2, 0.25) is 5.91 Å². The highest BCUT2D eigenvalue weighted by Crippen LogP contribution is 2.26. The number of benzene rings is 1. The Bertz CT molecular complexity index is 545. The van der Waals surface area contributed by atoms with Crippen LogP contribution < -0.4 is 4.90 Å². The highest BCUT2D eigenvalue weighted by atomic mass is 16.2. The molecule has 1 aromatic rings. The van der Waals surface area contributed by atoms with Crippen LogP contribution in [0.4, 0.5) is 5.69 Å². The fourth-order valence-electron chi connectivity index (χ4n) is 2.43. The minimum absolute atomic E-state index is 0.169. The minimum atomic E-state index is -0.645. The lowest BCUT2D eigenvalue weighted by Gasteiger charge is -2.31. The molecule has 1 atom stereocenters. The third-order valence-electron chi connectivity index (χ3n) is 3.39. The molecule has 0 radical (unpaired) electrons. The highest BCUT2D eigenvalue weighted by Gasteiger charge is 2.34. The second-order valence-corrected chi connectivity index (χ2v) is 4.82. The summed E-state index contributed by atoms with van der Waals surface area (Å²) in [6, 6.07) is 9.52. The van der Waals surface area contributed by atoms with Crippen LogP contribution in [0.5, 0.6) is 0 Å². The number of Topliss-reactive ketones (excluding diaryl/α,β-unsaturated/α-hetero) is 1. The number of carbonyl (C=O) groups is 2. The van der Waals surface area contributed by atoms with Gasteiger partial charge in [0.15, 0.2) is 5.78 Å². The van der Waals surface area contributed by atoms with Crippen molar-refractivity contribution in [2.45, 2.75) is 26.2 Å². The quantitative estimate of drug-likeness (QED) is 0.779. The van der Waals surface area contributed by atoms with Gasteiger partial charge in [0.25, 0.3) is 0 Å². The van der Waals surface area contributed by atoms with E-state index in [-0.39, 0.29) is 18.1 Å². The van der Waals surface area contributed by atoms with Gasteiger partial charge in [0, 0.05) is 12.2 Å². The highest BCUT2D eigenvalue weighted by molar-refractivity contribution is 6.09. The van der Waals surface area contributed by atoms with Crippen LogP contribution in [-0.2, 0) is 9.59 Å². The van der Waals surface area contributed by atoms with Gasteiger partial charge in [0.05, 0.1) is 18.4 Å². The number of hydrogen-bond acceptors (Lipinski definition) is 3. The van der Waals surface area contributed by atoms with Gasteiger partial charge in [0.1, 0.15) is 0 Å². The topological polar surface area (TPSA) is 61.2 Å². The van der Waals surface area contributed by atoms with E-state index in [2.05, 4.69) is 0 Å². The van der Waals surface area contributed by atoms with E-state index >= 15 is 0 Å². The summed E-state index contributed by atoms with van der Waals surface area (Å²) in [5, 5.41) is 8.58. The second-order valence-electron chi connectivity index (χ2n) is 4.82. The number of hydrogen-bond donors (Lipinski definition) is 0. The van der Waals surface area contributed by atoms with Gasteiger partial charge in [-0.1, -0.05) is 12.1 Å². The summed E-state index contributed by atoms with van der Waals surface area (Å²) in [5.74, 6) is -1.07. The maximum atomic E-state index is 12.3. The molecule has 1 heterocycles. The number of aryl methyl sites for hydroxylation is 1. The number of carbonyl (C=O) groups excluding carboxylic acids is 2. The fraction of sp³-hybridized carbons (Fsp3) is 0.400. The number of nitriles is 1. The molecule has 0 saturated carbocycles. The molecule has 0 unspecified atom stereocenters. The molecule has 1 fully saturated rings. The Morgan fingerprint density at radius 1 is 1.53 bits per heavy atom. The number of amides is 1. The number of ketones is 1. The standard InChI is InChI=1S/C15H16N2O2/c1-11-4-2-5-12(10-11)17-9-3-6-13(15(17)19)14(18)7-8-16/h2,4-5,10,13H,3,6-7,9H2,1H3/t13-/m0/s1. The Morgan fingerprint density at radius 2 is 2.32 bits per heavy atom. The van der Waals surface area contributed by atoms with Gasteiger partial charge in [-0.3, -0.25) is 9.59 Å². The van der Waals surface area contributed by atoms with Crippen LogP contribution in [0.25, 0.3) is 0 Å². The Balaban J connectivity index is 2.21. The smallest absolute Gasteiger partial charge is 0.237 e. The van der Waals surface area contributed by atoms with Crippen molar-refractivity contribution in [2.24, 2.45) is 5.92 Å². The molecule has 4 nitrogen and oxygen atoms in total. The summed E-state index contributed by atoms with van der Waals surface area (Å²) in [6.07, 6.45) is 1.17. The average molecular weight is 256 g/mol. The first-order chi connectivity index (χ1) is 9.13. The minimum Gasteiger partial charge on any atom is -0.312 e. The summed E-state index contributed by atoms with van der Waals surface area (Å²) in [5.41, 5.74) is 1.91. The molecule has 98 valence electrons. The third-order valence-corrected chi connectivity index (χ3v) is 3.39. The average Bonchev–Trinajstić information content (AvgIpc) is 2.39. The first-order valence-corrected chi connectivity index (χ1v) is 6.41. The SMILES string of the molecule is Cc1cccc(N2CCC[C@@H](C(=O)CC#N)C2=O)c1. The summed E-state index contributed by atoms with van der Waals surface area (Å²) < 4.78 is 0. The third kappa shape index (κ3) is 2.82. The zero-order valence-electron chi connectivity index (χ0n) is 10.9. The Labute approximate surface area is 112 Å². The van der Waals surface area contributed by atoms with Crippen molar-refractivity contribution in [3.8, 4) is 6.07 Å². The molecule has 1 aliphatic rings. The normalized spacial score (nSPS) is 19.1. The zero-order valence-corrected chi connectivity index (χ0v) is 10.9. The van der Waals surface area contributed by atoms with Crippen molar-refractivity contribution in [3.05, 3.63) is 29.8 Å². The molecule has 19 heavy (non-hydrogen) atoms. The molecule has 0 bridgehead atoms. The van der Waals surface area contributed by atoms with E-state index in [0.717, 1.165) is 17.7 Å². The van der Waals surface area contributed by atoms with Crippen molar-refractivity contribution in [2.75, 3.05) is 11.4 Å². The summed E-state index contributed by atoms with van der Waals surface area (Å²) in [7, 11) is 0. The predicted octanol–water partition coefficient (Wildman–Crippen LogP) is 2.22. The van der Waals surface area contributed by atoms with Crippen molar-refractivity contribution in [1.82, 2.24) is 0 Å². The molecule has 0 aromatic heterocycles. The Hall–Kier alpha value is -2.15. The van der Waals surface area contributed by atoms with E-state index in [1.54, 1.807) is 4.90 Å². The molecular weight excluding hydrogens is 240 g/mol. The van der Waals surface area contributed by atoms with Crippen molar-refractivity contribution in [1.29, 1.82) is 5.26 Å². The van der Waals surface area contributed by atoms with Gasteiger partial charge in [-0.25, -0.2) is 0 Å². The number of piperidine rings is 1.